The highest BCUT2D eigenvalue weighted by molar-refractivity contribution is 5.95. The van der Waals surface area contributed by atoms with Crippen molar-refractivity contribution in [2.75, 3.05) is 5.32 Å². The summed E-state index contributed by atoms with van der Waals surface area (Å²) < 4.78 is 13.1. The first-order chi connectivity index (χ1) is 11.0. The zero-order valence-electron chi connectivity index (χ0n) is 12.4. The zero-order chi connectivity index (χ0) is 16.7. The van der Waals surface area contributed by atoms with E-state index in [1.54, 1.807) is 5.32 Å². The lowest BCUT2D eigenvalue weighted by Gasteiger charge is -2.16. The largest absolute Gasteiger partial charge is 0.550 e. The molecule has 2 aromatic carbocycles. The van der Waals surface area contributed by atoms with E-state index in [2.05, 4.69) is 5.32 Å². The Balaban J connectivity index is 2.01. The first-order valence-corrected chi connectivity index (χ1v) is 7.18. The van der Waals surface area contributed by atoms with Crippen LogP contribution in [0.15, 0.2) is 54.6 Å². The second kappa shape index (κ2) is 8.05. The number of quaternary nitrogens is 1. The molecule has 0 aliphatic rings. The topological polar surface area (TPSA) is 85.8 Å². The number of nitrogens with two attached hydrogens (primary N) is 1. The molecule has 1 amide bonds. The van der Waals surface area contributed by atoms with E-state index in [9.17, 15) is 19.1 Å². The summed E-state index contributed by atoms with van der Waals surface area (Å²) in [5.74, 6) is -2.29. The van der Waals surface area contributed by atoms with E-state index in [0.717, 1.165) is 5.56 Å². The maximum absolute atomic E-state index is 13.1. The summed E-state index contributed by atoms with van der Waals surface area (Å²) in [5, 5.41) is 15.0. The Morgan fingerprint density at radius 1 is 1.13 bits per heavy atom. The normalized spacial score (nSPS) is 11.7. The van der Waals surface area contributed by atoms with Gasteiger partial charge in [-0.2, -0.15) is 0 Å². The molecule has 3 N–H and O–H groups in total. The highest BCUT2D eigenvalue weighted by Gasteiger charge is 2.22. The van der Waals surface area contributed by atoms with Crippen molar-refractivity contribution in [2.24, 2.45) is 0 Å². The highest BCUT2D eigenvalue weighted by Crippen LogP contribution is 2.09. The molecule has 6 heteroatoms. The first kappa shape index (κ1) is 16.6. The third kappa shape index (κ3) is 5.52. The molecule has 0 radical (unpaired) electrons. The van der Waals surface area contributed by atoms with Crippen molar-refractivity contribution in [3.8, 4) is 0 Å². The van der Waals surface area contributed by atoms with Gasteiger partial charge in [0.2, 0.25) is 0 Å². The Bertz CT molecular complexity index is 677. The molecule has 0 heterocycles. The van der Waals surface area contributed by atoms with Gasteiger partial charge >= 0.3 is 0 Å². The summed E-state index contributed by atoms with van der Waals surface area (Å²) in [6, 6.07) is 13.9. The number of aliphatic carboxylic acids is 1. The molecule has 0 aromatic heterocycles. The van der Waals surface area contributed by atoms with E-state index in [4.69, 9.17) is 0 Å². The van der Waals surface area contributed by atoms with Crippen molar-refractivity contribution >= 4 is 17.6 Å². The Morgan fingerprint density at radius 3 is 2.52 bits per heavy atom. The highest BCUT2D eigenvalue weighted by atomic mass is 19.1. The van der Waals surface area contributed by atoms with Crippen molar-refractivity contribution in [1.82, 2.24) is 0 Å². The van der Waals surface area contributed by atoms with E-state index < -0.39 is 30.2 Å². The summed E-state index contributed by atoms with van der Waals surface area (Å²) >= 11 is 0. The molecule has 1 unspecified atom stereocenters. The lowest BCUT2D eigenvalue weighted by atomic mass is 10.1. The van der Waals surface area contributed by atoms with Crippen LogP contribution in [0.5, 0.6) is 0 Å². The number of anilines is 1. The molecule has 0 aliphatic heterocycles. The molecule has 0 bridgehead atoms. The molecule has 120 valence electrons. The summed E-state index contributed by atoms with van der Waals surface area (Å²) in [6.45, 7) is 0.454. The van der Waals surface area contributed by atoms with Crippen LogP contribution in [0.3, 0.4) is 0 Å². The van der Waals surface area contributed by atoms with E-state index >= 15 is 0 Å². The van der Waals surface area contributed by atoms with Gasteiger partial charge in [-0.15, -0.1) is 0 Å². The van der Waals surface area contributed by atoms with Crippen LogP contribution in [0.4, 0.5) is 10.1 Å². The summed E-state index contributed by atoms with van der Waals surface area (Å²) in [5.41, 5.74) is 1.25. The number of halogens is 1. The number of carbonyl (C=O) groups excluding carboxylic acids is 2. The predicted molar refractivity (Wildman–Crippen MR) is 80.5 cm³/mol. The first-order valence-electron chi connectivity index (χ1n) is 7.18. The third-order valence-corrected chi connectivity index (χ3v) is 3.30. The van der Waals surface area contributed by atoms with E-state index in [0.29, 0.717) is 6.54 Å². The van der Waals surface area contributed by atoms with Crippen LogP contribution in [-0.4, -0.2) is 17.9 Å². The molecule has 2 aromatic rings. The third-order valence-electron chi connectivity index (χ3n) is 3.30. The molecule has 0 saturated heterocycles. The molecular formula is C17H17FN2O3. The Kier molecular flexibility index (Phi) is 5.82. The number of nitrogens with one attached hydrogen (secondary N) is 1. The lowest BCUT2D eigenvalue weighted by Crippen LogP contribution is -2.91. The summed E-state index contributed by atoms with van der Waals surface area (Å²) in [6.07, 6.45) is -0.423. The monoisotopic (exact) mass is 316 g/mol. The van der Waals surface area contributed by atoms with Gasteiger partial charge in [0.05, 0.1) is 0 Å². The number of carbonyl (C=O) groups is 2. The summed E-state index contributed by atoms with van der Waals surface area (Å²) in [7, 11) is 0. The number of carboxylic acids is 1. The van der Waals surface area contributed by atoms with Gasteiger partial charge in [-0.25, -0.2) is 4.39 Å². The van der Waals surface area contributed by atoms with Crippen LogP contribution in [0, 0.1) is 5.82 Å². The number of carboxylic acid groups (broad SMARTS) is 1. The number of benzene rings is 2. The minimum Gasteiger partial charge on any atom is -0.550 e. The van der Waals surface area contributed by atoms with Gasteiger partial charge in [-0.3, -0.25) is 4.79 Å². The van der Waals surface area contributed by atoms with E-state index in [1.807, 2.05) is 30.3 Å². The number of rotatable bonds is 7. The second-order valence-electron chi connectivity index (χ2n) is 5.11. The predicted octanol–water partition coefficient (Wildman–Crippen LogP) is 0.0364. The van der Waals surface area contributed by atoms with Gasteiger partial charge in [0, 0.05) is 23.6 Å². The van der Waals surface area contributed by atoms with Crippen LogP contribution < -0.4 is 15.7 Å². The smallest absolute Gasteiger partial charge is 0.283 e. The summed E-state index contributed by atoms with van der Waals surface area (Å²) in [4.78, 5) is 23.1. The van der Waals surface area contributed by atoms with Crippen LogP contribution in [0.25, 0.3) is 0 Å². The standard InChI is InChI=1S/C17H17FN2O3/c18-13-7-4-8-14(9-13)20-17(23)15(10-16(21)22)19-11-12-5-2-1-3-6-12/h1-9,15,19H,10-11H2,(H,20,23)(H,21,22). The van der Waals surface area contributed by atoms with E-state index in [-0.39, 0.29) is 5.69 Å². The van der Waals surface area contributed by atoms with Gasteiger partial charge in [0.15, 0.2) is 6.04 Å². The molecule has 23 heavy (non-hydrogen) atoms. The van der Waals surface area contributed by atoms with Gasteiger partial charge in [-0.05, 0) is 18.2 Å². The zero-order valence-corrected chi connectivity index (χ0v) is 12.4. The lowest BCUT2D eigenvalue weighted by molar-refractivity contribution is -0.691. The van der Waals surface area contributed by atoms with E-state index in [1.165, 1.54) is 24.3 Å². The van der Waals surface area contributed by atoms with Crippen LogP contribution >= 0.6 is 0 Å². The van der Waals surface area contributed by atoms with Crippen molar-refractivity contribution in [3.63, 3.8) is 0 Å². The van der Waals surface area contributed by atoms with Gasteiger partial charge in [-0.1, -0.05) is 36.4 Å². The average molecular weight is 316 g/mol. The molecule has 5 nitrogen and oxygen atoms in total. The Hall–Kier alpha value is -2.73. The van der Waals surface area contributed by atoms with Crippen molar-refractivity contribution in [1.29, 1.82) is 0 Å². The molecule has 0 spiro atoms. The Labute approximate surface area is 133 Å². The SMILES string of the molecule is O=C([O-])CC([NH2+]Cc1ccccc1)C(=O)Nc1cccc(F)c1. The molecule has 0 saturated carbocycles. The van der Waals surface area contributed by atoms with Gasteiger partial charge in [0.25, 0.3) is 5.91 Å². The fourth-order valence-electron chi connectivity index (χ4n) is 2.16. The van der Waals surface area contributed by atoms with Crippen LogP contribution in [-0.2, 0) is 16.1 Å². The minimum atomic E-state index is -1.31. The van der Waals surface area contributed by atoms with Crippen molar-refractivity contribution in [3.05, 3.63) is 66.0 Å². The number of hydrogen-bond donors (Lipinski definition) is 2. The molecule has 1 atom stereocenters. The molecule has 2 rings (SSSR count). The molecule has 0 fully saturated rings. The number of amides is 1. The van der Waals surface area contributed by atoms with Crippen LogP contribution in [0.1, 0.15) is 12.0 Å². The van der Waals surface area contributed by atoms with Crippen LogP contribution in [0.2, 0.25) is 0 Å². The molecule has 0 aliphatic carbocycles. The molecular weight excluding hydrogens is 299 g/mol. The maximum Gasteiger partial charge on any atom is 0.283 e. The van der Waals surface area contributed by atoms with Crippen molar-refractivity contribution in [2.45, 2.75) is 19.0 Å². The number of hydrogen-bond acceptors (Lipinski definition) is 3. The maximum atomic E-state index is 13.1. The van der Waals surface area contributed by atoms with Crippen molar-refractivity contribution < 1.29 is 24.4 Å². The second-order valence-corrected chi connectivity index (χ2v) is 5.11. The van der Waals surface area contributed by atoms with Gasteiger partial charge in [0.1, 0.15) is 12.4 Å². The minimum absolute atomic E-state index is 0.284. The fourth-order valence-corrected chi connectivity index (χ4v) is 2.16. The Morgan fingerprint density at radius 2 is 1.87 bits per heavy atom. The quantitative estimate of drug-likeness (QED) is 0.756. The average Bonchev–Trinajstić information content (AvgIpc) is 2.52. The van der Waals surface area contributed by atoms with Gasteiger partial charge < -0.3 is 20.5 Å². The fraction of sp³-hybridized carbons (Fsp3) is 0.176.